The topological polar surface area (TPSA) is 42.0 Å². The first kappa shape index (κ1) is 12.8. The van der Waals surface area contributed by atoms with Gasteiger partial charge in [-0.05, 0) is 25.0 Å². The highest BCUT2D eigenvalue weighted by atomic mass is 32.1. The van der Waals surface area contributed by atoms with Crippen LogP contribution in [0.5, 0.6) is 0 Å². The van der Waals surface area contributed by atoms with Crippen molar-refractivity contribution >= 4 is 22.4 Å². The van der Waals surface area contributed by atoms with Gasteiger partial charge in [-0.15, -0.1) is 11.3 Å². The van der Waals surface area contributed by atoms with Crippen LogP contribution in [0.25, 0.3) is 0 Å². The summed E-state index contributed by atoms with van der Waals surface area (Å²) in [5.41, 5.74) is 2.75. The van der Waals surface area contributed by atoms with Gasteiger partial charge in [0.2, 0.25) is 0 Å². The van der Waals surface area contributed by atoms with E-state index in [1.54, 1.807) is 6.07 Å². The molecule has 0 fully saturated rings. The van der Waals surface area contributed by atoms with Gasteiger partial charge in [0.05, 0.1) is 5.69 Å². The number of hydrogen-bond acceptors (Lipinski definition) is 3. The van der Waals surface area contributed by atoms with Gasteiger partial charge < -0.3 is 0 Å². The number of carbonyl (C=O) groups excluding carboxylic acids is 1. The van der Waals surface area contributed by atoms with Gasteiger partial charge in [0.25, 0.3) is 5.91 Å². The lowest BCUT2D eigenvalue weighted by Crippen LogP contribution is -2.11. The molecule has 0 radical (unpaired) electrons. The number of thiazole rings is 1. The molecule has 94 valence electrons. The number of nitrogens with zero attached hydrogens (tertiary/aromatic N) is 1. The molecule has 0 saturated carbocycles. The van der Waals surface area contributed by atoms with Crippen LogP contribution in [0.15, 0.2) is 29.6 Å². The third-order valence-corrected chi connectivity index (χ3v) is 3.39. The SMILES string of the molecule is Cc1cccc(C(=O)Nc2nc(C(C)C)cs2)c1. The first-order valence-corrected chi connectivity index (χ1v) is 6.77. The summed E-state index contributed by atoms with van der Waals surface area (Å²) in [6.07, 6.45) is 0. The summed E-state index contributed by atoms with van der Waals surface area (Å²) in [5.74, 6) is 0.272. The molecule has 0 aliphatic carbocycles. The van der Waals surface area contributed by atoms with E-state index in [1.165, 1.54) is 11.3 Å². The molecule has 1 amide bonds. The summed E-state index contributed by atoms with van der Waals surface area (Å²) in [6.45, 7) is 6.14. The maximum atomic E-state index is 12.0. The van der Waals surface area contributed by atoms with E-state index in [0.29, 0.717) is 16.6 Å². The fourth-order valence-electron chi connectivity index (χ4n) is 1.56. The molecular formula is C14H16N2OS. The molecule has 1 aromatic heterocycles. The molecule has 4 heteroatoms. The van der Waals surface area contributed by atoms with Gasteiger partial charge in [-0.1, -0.05) is 31.5 Å². The molecule has 0 spiro atoms. The quantitative estimate of drug-likeness (QED) is 0.911. The average molecular weight is 260 g/mol. The summed E-state index contributed by atoms with van der Waals surface area (Å²) < 4.78 is 0. The number of aromatic nitrogens is 1. The van der Waals surface area contributed by atoms with Crippen LogP contribution >= 0.6 is 11.3 Å². The zero-order chi connectivity index (χ0) is 13.1. The Morgan fingerprint density at radius 2 is 2.17 bits per heavy atom. The number of anilines is 1. The second kappa shape index (κ2) is 5.31. The third kappa shape index (κ3) is 2.96. The van der Waals surface area contributed by atoms with Crippen LogP contribution in [-0.2, 0) is 0 Å². The predicted molar refractivity (Wildman–Crippen MR) is 75.3 cm³/mol. The number of benzene rings is 1. The maximum absolute atomic E-state index is 12.0. The van der Waals surface area contributed by atoms with Gasteiger partial charge in [-0.25, -0.2) is 4.98 Å². The van der Waals surface area contributed by atoms with Gasteiger partial charge in [0.1, 0.15) is 0 Å². The Morgan fingerprint density at radius 3 is 2.78 bits per heavy atom. The first-order chi connectivity index (χ1) is 8.56. The highest BCUT2D eigenvalue weighted by Crippen LogP contribution is 2.21. The average Bonchev–Trinajstić information content (AvgIpc) is 2.77. The van der Waals surface area contributed by atoms with Crippen LogP contribution in [0.4, 0.5) is 5.13 Å². The van der Waals surface area contributed by atoms with Gasteiger partial charge in [-0.2, -0.15) is 0 Å². The van der Waals surface area contributed by atoms with Gasteiger partial charge in [0, 0.05) is 10.9 Å². The Labute approximate surface area is 111 Å². The summed E-state index contributed by atoms with van der Waals surface area (Å²) in [5, 5.41) is 5.47. The zero-order valence-corrected chi connectivity index (χ0v) is 11.5. The second-order valence-electron chi connectivity index (χ2n) is 4.56. The van der Waals surface area contributed by atoms with Crippen molar-refractivity contribution in [3.63, 3.8) is 0 Å². The van der Waals surface area contributed by atoms with E-state index < -0.39 is 0 Å². The van der Waals surface area contributed by atoms with Crippen molar-refractivity contribution in [3.8, 4) is 0 Å². The predicted octanol–water partition coefficient (Wildman–Crippen LogP) is 3.83. The minimum absolute atomic E-state index is 0.108. The van der Waals surface area contributed by atoms with Crippen molar-refractivity contribution < 1.29 is 4.79 Å². The zero-order valence-electron chi connectivity index (χ0n) is 10.7. The van der Waals surface area contributed by atoms with Crippen LogP contribution < -0.4 is 5.32 Å². The smallest absolute Gasteiger partial charge is 0.257 e. The largest absolute Gasteiger partial charge is 0.298 e. The molecule has 0 saturated heterocycles. The number of rotatable bonds is 3. The molecule has 0 aliphatic heterocycles. The normalized spacial score (nSPS) is 10.7. The molecule has 3 nitrogen and oxygen atoms in total. The van der Waals surface area contributed by atoms with Crippen molar-refractivity contribution in [1.82, 2.24) is 4.98 Å². The Balaban J connectivity index is 2.11. The lowest BCUT2D eigenvalue weighted by atomic mass is 10.1. The Kier molecular flexibility index (Phi) is 3.77. The van der Waals surface area contributed by atoms with Crippen LogP contribution in [-0.4, -0.2) is 10.9 Å². The van der Waals surface area contributed by atoms with Crippen molar-refractivity contribution in [2.75, 3.05) is 5.32 Å². The van der Waals surface area contributed by atoms with Crippen LogP contribution in [0, 0.1) is 6.92 Å². The van der Waals surface area contributed by atoms with Gasteiger partial charge >= 0.3 is 0 Å². The molecule has 0 atom stereocenters. The molecule has 1 N–H and O–H groups in total. The fourth-order valence-corrected chi connectivity index (χ4v) is 2.43. The number of carbonyl (C=O) groups is 1. The fraction of sp³-hybridized carbons (Fsp3) is 0.286. The molecule has 1 aromatic carbocycles. The van der Waals surface area contributed by atoms with Gasteiger partial charge in [0.15, 0.2) is 5.13 Å². The van der Waals surface area contributed by atoms with E-state index in [4.69, 9.17) is 0 Å². The van der Waals surface area contributed by atoms with E-state index >= 15 is 0 Å². The van der Waals surface area contributed by atoms with Crippen molar-refractivity contribution in [2.45, 2.75) is 26.7 Å². The van der Waals surface area contributed by atoms with E-state index in [2.05, 4.69) is 24.1 Å². The molecule has 18 heavy (non-hydrogen) atoms. The molecule has 2 aromatic rings. The summed E-state index contributed by atoms with van der Waals surface area (Å²) in [6, 6.07) is 7.52. The monoisotopic (exact) mass is 260 g/mol. The minimum Gasteiger partial charge on any atom is -0.298 e. The molecule has 0 bridgehead atoms. The lowest BCUT2D eigenvalue weighted by Gasteiger charge is -2.02. The van der Waals surface area contributed by atoms with E-state index in [-0.39, 0.29) is 5.91 Å². The lowest BCUT2D eigenvalue weighted by molar-refractivity contribution is 0.102. The highest BCUT2D eigenvalue weighted by molar-refractivity contribution is 7.14. The highest BCUT2D eigenvalue weighted by Gasteiger charge is 2.10. The van der Waals surface area contributed by atoms with Gasteiger partial charge in [-0.3, -0.25) is 10.1 Å². The number of amides is 1. The van der Waals surface area contributed by atoms with E-state index in [0.717, 1.165) is 11.3 Å². The van der Waals surface area contributed by atoms with E-state index in [1.807, 2.05) is 30.5 Å². The van der Waals surface area contributed by atoms with Crippen molar-refractivity contribution in [3.05, 3.63) is 46.5 Å². The summed E-state index contributed by atoms with van der Waals surface area (Å²) >= 11 is 1.46. The Bertz CT molecular complexity index is 560. The minimum atomic E-state index is -0.108. The first-order valence-electron chi connectivity index (χ1n) is 5.89. The Morgan fingerprint density at radius 1 is 1.39 bits per heavy atom. The maximum Gasteiger partial charge on any atom is 0.257 e. The molecule has 2 rings (SSSR count). The van der Waals surface area contributed by atoms with Crippen LogP contribution in [0.2, 0.25) is 0 Å². The molecule has 0 aliphatic rings. The number of nitrogens with one attached hydrogen (secondary N) is 1. The van der Waals surface area contributed by atoms with Crippen LogP contribution in [0.1, 0.15) is 41.4 Å². The third-order valence-electron chi connectivity index (χ3n) is 2.61. The number of aryl methyl sites for hydroxylation is 1. The summed E-state index contributed by atoms with van der Waals surface area (Å²) in [4.78, 5) is 16.4. The summed E-state index contributed by atoms with van der Waals surface area (Å²) in [7, 11) is 0. The van der Waals surface area contributed by atoms with Crippen molar-refractivity contribution in [2.24, 2.45) is 0 Å². The van der Waals surface area contributed by atoms with E-state index in [9.17, 15) is 4.79 Å². The van der Waals surface area contributed by atoms with Crippen LogP contribution in [0.3, 0.4) is 0 Å². The standard InChI is InChI=1S/C14H16N2OS/c1-9(2)12-8-18-14(15-12)16-13(17)11-6-4-5-10(3)7-11/h4-9H,1-3H3,(H,15,16,17). The Hall–Kier alpha value is -1.68. The molecule has 0 unspecified atom stereocenters. The second-order valence-corrected chi connectivity index (χ2v) is 5.41. The number of hydrogen-bond donors (Lipinski definition) is 1. The molecule has 1 heterocycles. The van der Waals surface area contributed by atoms with Crippen molar-refractivity contribution in [1.29, 1.82) is 0 Å². The molecular weight excluding hydrogens is 244 g/mol.